The predicted molar refractivity (Wildman–Crippen MR) is 120 cm³/mol. The Kier molecular flexibility index (Phi) is 6.70. The van der Waals surface area contributed by atoms with Crippen molar-refractivity contribution >= 4 is 11.8 Å². The first-order valence-electron chi connectivity index (χ1n) is 10.7. The van der Waals surface area contributed by atoms with Gasteiger partial charge in [-0.1, -0.05) is 54.6 Å². The van der Waals surface area contributed by atoms with Crippen LogP contribution in [0.5, 0.6) is 5.75 Å². The van der Waals surface area contributed by atoms with Crippen LogP contribution in [0.2, 0.25) is 0 Å². The second kappa shape index (κ2) is 9.83. The van der Waals surface area contributed by atoms with E-state index in [4.69, 9.17) is 9.94 Å². The van der Waals surface area contributed by atoms with Crippen LogP contribution in [0, 0.1) is 17.2 Å². The molecular weight excluding hydrogens is 423 g/mol. The number of rotatable bonds is 9. The Labute approximate surface area is 191 Å². The molecule has 1 aliphatic rings. The standard InChI is InChI=1S/C26H25FN2O4/c27-21-10-6-19(7-11-21)16-28-25(31)26(15-23(26)24(30)29-32)14-18-8-12-22(13-9-18)33-17-20-4-2-1-3-5-20/h1-13,23,32H,14-17H2,(H,28,31)(H,29,30)/t23-,26+/m1/s1. The number of benzene rings is 3. The molecule has 0 aliphatic heterocycles. The van der Waals surface area contributed by atoms with Crippen LogP contribution in [0.1, 0.15) is 23.1 Å². The lowest BCUT2D eigenvalue weighted by atomic mass is 9.92. The highest BCUT2D eigenvalue weighted by Crippen LogP contribution is 2.55. The van der Waals surface area contributed by atoms with Crippen molar-refractivity contribution in [3.8, 4) is 5.75 Å². The molecule has 2 atom stereocenters. The van der Waals surface area contributed by atoms with Crippen molar-refractivity contribution in [3.63, 3.8) is 0 Å². The van der Waals surface area contributed by atoms with Gasteiger partial charge in [-0.25, -0.2) is 9.87 Å². The predicted octanol–water partition coefficient (Wildman–Crippen LogP) is 3.78. The van der Waals surface area contributed by atoms with E-state index in [1.165, 1.54) is 12.1 Å². The third-order valence-electron chi connectivity index (χ3n) is 6.01. The van der Waals surface area contributed by atoms with E-state index >= 15 is 0 Å². The molecule has 7 heteroatoms. The van der Waals surface area contributed by atoms with Crippen LogP contribution in [-0.2, 0) is 29.2 Å². The summed E-state index contributed by atoms with van der Waals surface area (Å²) in [6.45, 7) is 0.676. The Morgan fingerprint density at radius 3 is 2.27 bits per heavy atom. The molecule has 1 fully saturated rings. The maximum absolute atomic E-state index is 13.1. The highest BCUT2D eigenvalue weighted by atomic mass is 19.1. The van der Waals surface area contributed by atoms with Gasteiger partial charge in [-0.05, 0) is 53.8 Å². The van der Waals surface area contributed by atoms with Gasteiger partial charge in [0.15, 0.2) is 0 Å². The molecule has 170 valence electrons. The zero-order chi connectivity index (χ0) is 23.3. The van der Waals surface area contributed by atoms with Crippen molar-refractivity contribution in [2.75, 3.05) is 0 Å². The van der Waals surface area contributed by atoms with Gasteiger partial charge < -0.3 is 10.1 Å². The third kappa shape index (κ3) is 5.38. The van der Waals surface area contributed by atoms with Gasteiger partial charge in [-0.15, -0.1) is 0 Å². The number of hydroxylamine groups is 1. The van der Waals surface area contributed by atoms with Crippen molar-refractivity contribution in [2.24, 2.45) is 11.3 Å². The maximum atomic E-state index is 13.1. The maximum Gasteiger partial charge on any atom is 0.247 e. The number of carbonyl (C=O) groups excluding carboxylic acids is 2. The molecule has 0 unspecified atom stereocenters. The number of hydrogen-bond acceptors (Lipinski definition) is 4. The first kappa shape index (κ1) is 22.5. The lowest BCUT2D eigenvalue weighted by Gasteiger charge is -2.18. The van der Waals surface area contributed by atoms with Crippen LogP contribution in [0.4, 0.5) is 4.39 Å². The molecule has 2 amide bonds. The van der Waals surface area contributed by atoms with Gasteiger partial charge in [-0.2, -0.15) is 0 Å². The number of nitrogens with one attached hydrogen (secondary N) is 2. The molecule has 3 aromatic rings. The summed E-state index contributed by atoms with van der Waals surface area (Å²) in [4.78, 5) is 25.1. The molecule has 0 saturated heterocycles. The molecule has 3 N–H and O–H groups in total. The topological polar surface area (TPSA) is 87.7 Å². The van der Waals surface area contributed by atoms with E-state index in [2.05, 4.69) is 5.32 Å². The summed E-state index contributed by atoms with van der Waals surface area (Å²) >= 11 is 0. The van der Waals surface area contributed by atoms with Crippen LogP contribution in [0.25, 0.3) is 0 Å². The summed E-state index contributed by atoms with van der Waals surface area (Å²) in [6.07, 6.45) is 0.681. The van der Waals surface area contributed by atoms with Crippen molar-refractivity contribution < 1.29 is 23.9 Å². The summed E-state index contributed by atoms with van der Waals surface area (Å²) in [5.41, 5.74) is 3.42. The van der Waals surface area contributed by atoms with E-state index < -0.39 is 17.2 Å². The second-order valence-electron chi connectivity index (χ2n) is 8.29. The normalized spacial score (nSPS) is 18.9. The molecule has 1 aliphatic carbocycles. The molecule has 6 nitrogen and oxygen atoms in total. The SMILES string of the molecule is O=C(NO)[C@H]1C[C@]1(Cc1ccc(OCc2ccccc2)cc1)C(=O)NCc1ccc(F)cc1. The van der Waals surface area contributed by atoms with Gasteiger partial charge in [0.05, 0.1) is 11.3 Å². The highest BCUT2D eigenvalue weighted by molar-refractivity contribution is 5.95. The fourth-order valence-electron chi connectivity index (χ4n) is 4.02. The monoisotopic (exact) mass is 448 g/mol. The minimum Gasteiger partial charge on any atom is -0.489 e. The Morgan fingerprint density at radius 1 is 0.939 bits per heavy atom. The fourth-order valence-corrected chi connectivity index (χ4v) is 4.02. The van der Waals surface area contributed by atoms with E-state index in [1.54, 1.807) is 17.6 Å². The zero-order valence-electron chi connectivity index (χ0n) is 18.0. The summed E-state index contributed by atoms with van der Waals surface area (Å²) < 4.78 is 18.9. The summed E-state index contributed by atoms with van der Waals surface area (Å²) in [5, 5.41) is 11.9. The van der Waals surface area contributed by atoms with Gasteiger partial charge in [0.25, 0.3) is 0 Å². The average molecular weight is 448 g/mol. The third-order valence-corrected chi connectivity index (χ3v) is 6.01. The lowest BCUT2D eigenvalue weighted by molar-refractivity contribution is -0.135. The smallest absolute Gasteiger partial charge is 0.247 e. The minimum atomic E-state index is -0.945. The molecule has 0 heterocycles. The van der Waals surface area contributed by atoms with Crippen molar-refractivity contribution in [1.29, 1.82) is 0 Å². The molecule has 3 aromatic carbocycles. The largest absolute Gasteiger partial charge is 0.489 e. The van der Waals surface area contributed by atoms with E-state index in [0.29, 0.717) is 25.2 Å². The van der Waals surface area contributed by atoms with Gasteiger partial charge in [-0.3, -0.25) is 14.8 Å². The number of ether oxygens (including phenoxy) is 1. The average Bonchev–Trinajstić information content (AvgIpc) is 3.58. The fraction of sp³-hybridized carbons (Fsp3) is 0.231. The number of amides is 2. The molecule has 33 heavy (non-hydrogen) atoms. The minimum absolute atomic E-state index is 0.223. The highest BCUT2D eigenvalue weighted by Gasteiger charge is 2.63. The Morgan fingerprint density at radius 2 is 1.61 bits per heavy atom. The molecular formula is C26H25FN2O4. The van der Waals surface area contributed by atoms with E-state index in [1.807, 2.05) is 54.6 Å². The van der Waals surface area contributed by atoms with Crippen molar-refractivity contribution in [1.82, 2.24) is 10.8 Å². The van der Waals surface area contributed by atoms with Gasteiger partial charge in [0.1, 0.15) is 18.2 Å². The first-order chi connectivity index (χ1) is 16.0. The van der Waals surface area contributed by atoms with Crippen LogP contribution < -0.4 is 15.5 Å². The van der Waals surface area contributed by atoms with Gasteiger partial charge in [0, 0.05) is 6.54 Å². The van der Waals surface area contributed by atoms with Crippen molar-refractivity contribution in [3.05, 3.63) is 101 Å². The van der Waals surface area contributed by atoms with Crippen molar-refractivity contribution in [2.45, 2.75) is 26.0 Å². The Hall–Kier alpha value is -3.71. The zero-order valence-corrected chi connectivity index (χ0v) is 18.0. The molecule has 1 saturated carbocycles. The molecule has 0 radical (unpaired) electrons. The number of carbonyl (C=O) groups is 2. The summed E-state index contributed by atoms with van der Waals surface area (Å²) in [5.74, 6) is -1.11. The Bertz CT molecular complexity index is 1100. The van der Waals surface area contributed by atoms with Gasteiger partial charge in [0.2, 0.25) is 11.8 Å². The van der Waals surface area contributed by atoms with E-state index in [-0.39, 0.29) is 18.3 Å². The number of halogens is 1. The molecule has 0 bridgehead atoms. The quantitative estimate of drug-likeness (QED) is 0.344. The van der Waals surface area contributed by atoms with Gasteiger partial charge >= 0.3 is 0 Å². The number of hydrogen-bond donors (Lipinski definition) is 3. The summed E-state index contributed by atoms with van der Waals surface area (Å²) in [7, 11) is 0. The second-order valence-corrected chi connectivity index (χ2v) is 8.29. The molecule has 0 spiro atoms. The van der Waals surface area contributed by atoms with Crippen LogP contribution >= 0.6 is 0 Å². The summed E-state index contributed by atoms with van der Waals surface area (Å²) in [6, 6.07) is 23.1. The van der Waals surface area contributed by atoms with Crippen LogP contribution in [0.15, 0.2) is 78.9 Å². The van der Waals surface area contributed by atoms with Crippen LogP contribution in [-0.4, -0.2) is 17.0 Å². The first-order valence-corrected chi connectivity index (χ1v) is 10.7. The lowest BCUT2D eigenvalue weighted by Crippen LogP contribution is -2.37. The Balaban J connectivity index is 1.41. The molecule has 0 aromatic heterocycles. The molecule has 4 rings (SSSR count). The van der Waals surface area contributed by atoms with Crippen LogP contribution in [0.3, 0.4) is 0 Å². The van der Waals surface area contributed by atoms with E-state index in [9.17, 15) is 14.0 Å². The van der Waals surface area contributed by atoms with E-state index in [0.717, 1.165) is 16.7 Å².